The topological polar surface area (TPSA) is 105 Å². The standard InChI is InChI=1S/C13H15N3O4/c1-2-20-12(17)7-4-8-15-11-6-3-5-10(9-14)13(11)16(18)19/h3,5-6,15H,2,4,7-8H2,1H3. The third-order valence-corrected chi connectivity index (χ3v) is 2.52. The van der Waals surface area contributed by atoms with Crippen LogP contribution in [0.1, 0.15) is 25.3 Å². The zero-order valence-electron chi connectivity index (χ0n) is 11.1. The van der Waals surface area contributed by atoms with Gasteiger partial charge < -0.3 is 10.1 Å². The highest BCUT2D eigenvalue weighted by Crippen LogP contribution is 2.27. The Morgan fingerprint density at radius 2 is 2.30 bits per heavy atom. The summed E-state index contributed by atoms with van der Waals surface area (Å²) in [6.07, 6.45) is 0.735. The van der Waals surface area contributed by atoms with E-state index < -0.39 is 4.92 Å². The van der Waals surface area contributed by atoms with Crippen molar-refractivity contribution in [3.63, 3.8) is 0 Å². The Kier molecular flexibility index (Phi) is 5.97. The molecule has 0 fully saturated rings. The lowest BCUT2D eigenvalue weighted by molar-refractivity contribution is -0.384. The lowest BCUT2D eigenvalue weighted by Gasteiger charge is -2.07. The summed E-state index contributed by atoms with van der Waals surface area (Å²) in [6.45, 7) is 2.45. The number of nitrogens with one attached hydrogen (secondary N) is 1. The van der Waals surface area contributed by atoms with Gasteiger partial charge in [0.2, 0.25) is 0 Å². The molecule has 0 aliphatic rings. The molecule has 1 rings (SSSR count). The van der Waals surface area contributed by atoms with E-state index in [4.69, 9.17) is 10.00 Å². The zero-order valence-corrected chi connectivity index (χ0v) is 11.1. The smallest absolute Gasteiger partial charge is 0.309 e. The van der Waals surface area contributed by atoms with Crippen LogP contribution >= 0.6 is 0 Å². The van der Waals surface area contributed by atoms with Gasteiger partial charge >= 0.3 is 11.7 Å². The van der Waals surface area contributed by atoms with Gasteiger partial charge in [-0.1, -0.05) is 6.07 Å². The molecule has 0 saturated heterocycles. The maximum absolute atomic E-state index is 11.1. The van der Waals surface area contributed by atoms with E-state index in [1.807, 2.05) is 0 Å². The highest BCUT2D eigenvalue weighted by Gasteiger charge is 2.18. The van der Waals surface area contributed by atoms with E-state index in [0.29, 0.717) is 19.6 Å². The molecule has 7 nitrogen and oxygen atoms in total. The van der Waals surface area contributed by atoms with Gasteiger partial charge in [0.1, 0.15) is 17.3 Å². The molecule has 0 amide bonds. The number of para-hydroxylation sites is 1. The van der Waals surface area contributed by atoms with Crippen LogP contribution in [0.2, 0.25) is 0 Å². The van der Waals surface area contributed by atoms with Crippen molar-refractivity contribution in [2.45, 2.75) is 19.8 Å². The number of rotatable bonds is 7. The molecule has 106 valence electrons. The Morgan fingerprint density at radius 3 is 2.90 bits per heavy atom. The molecule has 0 unspecified atom stereocenters. The van der Waals surface area contributed by atoms with Crippen LogP contribution in [0.15, 0.2) is 18.2 Å². The number of ether oxygens (including phenoxy) is 1. The molecule has 0 spiro atoms. The second-order valence-electron chi connectivity index (χ2n) is 3.91. The number of nitro groups is 1. The molecule has 1 N–H and O–H groups in total. The summed E-state index contributed by atoms with van der Waals surface area (Å²) in [5.41, 5.74) is 0.0365. The van der Waals surface area contributed by atoms with Gasteiger partial charge in [0, 0.05) is 13.0 Å². The molecule has 7 heteroatoms. The highest BCUT2D eigenvalue weighted by atomic mass is 16.6. The molecule has 0 atom stereocenters. The second-order valence-corrected chi connectivity index (χ2v) is 3.91. The Balaban J connectivity index is 2.63. The average molecular weight is 277 g/mol. The third kappa shape index (κ3) is 4.24. The van der Waals surface area contributed by atoms with Crippen molar-refractivity contribution in [1.29, 1.82) is 5.26 Å². The summed E-state index contributed by atoms with van der Waals surface area (Å²) < 4.78 is 4.77. The number of carbonyl (C=O) groups is 1. The van der Waals surface area contributed by atoms with Gasteiger partial charge in [-0.3, -0.25) is 14.9 Å². The van der Waals surface area contributed by atoms with Crippen molar-refractivity contribution in [1.82, 2.24) is 0 Å². The maximum Gasteiger partial charge on any atom is 0.309 e. The number of nitro benzene ring substituents is 1. The molecule has 0 heterocycles. The number of hydrogen-bond acceptors (Lipinski definition) is 6. The first-order chi connectivity index (χ1) is 9.60. The fraction of sp³-hybridized carbons (Fsp3) is 0.385. The first-order valence-electron chi connectivity index (χ1n) is 6.17. The van der Waals surface area contributed by atoms with Crippen molar-refractivity contribution < 1.29 is 14.5 Å². The lowest BCUT2D eigenvalue weighted by atomic mass is 10.1. The zero-order chi connectivity index (χ0) is 15.0. The van der Waals surface area contributed by atoms with Gasteiger partial charge in [0.05, 0.1) is 11.5 Å². The molecule has 0 bridgehead atoms. The Bertz CT molecular complexity index is 537. The summed E-state index contributed by atoms with van der Waals surface area (Å²) in [4.78, 5) is 21.5. The van der Waals surface area contributed by atoms with Crippen LogP contribution < -0.4 is 5.32 Å². The van der Waals surface area contributed by atoms with Crippen LogP contribution in [0, 0.1) is 21.4 Å². The molecule has 0 aromatic heterocycles. The highest BCUT2D eigenvalue weighted by molar-refractivity contribution is 5.70. The van der Waals surface area contributed by atoms with Gasteiger partial charge in [0.15, 0.2) is 0 Å². The van der Waals surface area contributed by atoms with Crippen LogP contribution in [-0.4, -0.2) is 24.0 Å². The van der Waals surface area contributed by atoms with Crippen LogP contribution in [-0.2, 0) is 9.53 Å². The predicted octanol–water partition coefficient (Wildman–Crippen LogP) is 2.22. The molecule has 1 aromatic rings. The molecular weight excluding hydrogens is 262 g/mol. The van der Waals surface area contributed by atoms with Crippen molar-refractivity contribution in [2.75, 3.05) is 18.5 Å². The number of nitriles is 1. The normalized spacial score (nSPS) is 9.60. The van der Waals surface area contributed by atoms with Crippen LogP contribution in [0.5, 0.6) is 0 Å². The number of anilines is 1. The van der Waals surface area contributed by atoms with Crippen molar-refractivity contribution in [3.05, 3.63) is 33.9 Å². The van der Waals surface area contributed by atoms with Crippen molar-refractivity contribution in [3.8, 4) is 6.07 Å². The van der Waals surface area contributed by atoms with Crippen LogP contribution in [0.25, 0.3) is 0 Å². The SMILES string of the molecule is CCOC(=O)CCCNc1cccc(C#N)c1[N+](=O)[O-]. The predicted molar refractivity (Wildman–Crippen MR) is 72.2 cm³/mol. The second kappa shape index (κ2) is 7.74. The van der Waals surface area contributed by atoms with E-state index in [-0.39, 0.29) is 29.3 Å². The monoisotopic (exact) mass is 277 g/mol. The number of esters is 1. The number of hydrogen-bond donors (Lipinski definition) is 1. The number of benzene rings is 1. The largest absolute Gasteiger partial charge is 0.466 e. The first kappa shape index (κ1) is 15.4. The number of carbonyl (C=O) groups excluding carboxylic acids is 1. The molecular formula is C13H15N3O4. The fourth-order valence-corrected chi connectivity index (χ4v) is 1.66. The molecule has 1 aromatic carbocycles. The van der Waals surface area contributed by atoms with E-state index in [1.165, 1.54) is 12.1 Å². The summed E-state index contributed by atoms with van der Waals surface area (Å²) in [5.74, 6) is -0.297. The number of nitrogens with zero attached hydrogens (tertiary/aromatic N) is 2. The Morgan fingerprint density at radius 1 is 1.55 bits per heavy atom. The summed E-state index contributed by atoms with van der Waals surface area (Å²) >= 11 is 0. The van der Waals surface area contributed by atoms with Gasteiger partial charge in [-0.05, 0) is 25.5 Å². The van der Waals surface area contributed by atoms with Gasteiger partial charge in [-0.15, -0.1) is 0 Å². The first-order valence-corrected chi connectivity index (χ1v) is 6.17. The minimum atomic E-state index is -0.591. The van der Waals surface area contributed by atoms with Gasteiger partial charge in [-0.2, -0.15) is 5.26 Å². The average Bonchev–Trinajstić information content (AvgIpc) is 2.43. The molecule has 0 radical (unpaired) electrons. The van der Waals surface area contributed by atoms with Gasteiger partial charge in [0.25, 0.3) is 0 Å². The van der Waals surface area contributed by atoms with E-state index >= 15 is 0 Å². The quantitative estimate of drug-likeness (QED) is 0.354. The minimum Gasteiger partial charge on any atom is -0.466 e. The molecule has 0 aliphatic heterocycles. The summed E-state index contributed by atoms with van der Waals surface area (Å²) in [5, 5.41) is 22.7. The molecule has 20 heavy (non-hydrogen) atoms. The Hall–Kier alpha value is -2.62. The Labute approximate surface area is 116 Å². The van der Waals surface area contributed by atoms with E-state index in [9.17, 15) is 14.9 Å². The summed E-state index contributed by atoms with van der Waals surface area (Å²) in [6, 6.07) is 6.28. The maximum atomic E-state index is 11.1. The van der Waals surface area contributed by atoms with E-state index in [0.717, 1.165) is 0 Å². The van der Waals surface area contributed by atoms with Crippen LogP contribution in [0.4, 0.5) is 11.4 Å². The van der Waals surface area contributed by atoms with E-state index in [1.54, 1.807) is 19.1 Å². The lowest BCUT2D eigenvalue weighted by Crippen LogP contribution is -2.09. The van der Waals surface area contributed by atoms with Crippen molar-refractivity contribution in [2.24, 2.45) is 0 Å². The third-order valence-electron chi connectivity index (χ3n) is 2.52. The van der Waals surface area contributed by atoms with Gasteiger partial charge in [-0.25, -0.2) is 0 Å². The molecule has 0 saturated carbocycles. The summed E-state index contributed by atoms with van der Waals surface area (Å²) in [7, 11) is 0. The fourth-order valence-electron chi connectivity index (χ4n) is 1.66. The molecule has 0 aliphatic carbocycles. The van der Waals surface area contributed by atoms with Crippen molar-refractivity contribution >= 4 is 17.3 Å². The minimum absolute atomic E-state index is 0.00499. The van der Waals surface area contributed by atoms with E-state index in [2.05, 4.69) is 5.32 Å². The van der Waals surface area contributed by atoms with Crippen LogP contribution in [0.3, 0.4) is 0 Å².